The Balaban J connectivity index is 1.68. The summed E-state index contributed by atoms with van der Waals surface area (Å²) in [4.78, 5) is 38.3. The normalized spacial score (nSPS) is 18.4. The van der Waals surface area contributed by atoms with Crippen molar-refractivity contribution in [1.29, 1.82) is 0 Å². The van der Waals surface area contributed by atoms with Crippen molar-refractivity contribution in [2.24, 2.45) is 11.8 Å². The van der Waals surface area contributed by atoms with Crippen molar-refractivity contribution < 1.29 is 14.4 Å². The van der Waals surface area contributed by atoms with E-state index >= 15 is 0 Å². The fourth-order valence-corrected chi connectivity index (χ4v) is 3.25. The van der Waals surface area contributed by atoms with Crippen molar-refractivity contribution in [3.63, 3.8) is 0 Å². The second kappa shape index (κ2) is 7.25. The molecule has 1 aromatic carbocycles. The summed E-state index contributed by atoms with van der Waals surface area (Å²) < 4.78 is 0. The summed E-state index contributed by atoms with van der Waals surface area (Å²) in [6.45, 7) is 4.52. The number of amides is 3. The highest BCUT2D eigenvalue weighted by molar-refractivity contribution is 5.99. The van der Waals surface area contributed by atoms with Gasteiger partial charge in [0.15, 0.2) is 0 Å². The van der Waals surface area contributed by atoms with E-state index in [0.29, 0.717) is 24.3 Å². The largest absolute Gasteiger partial charge is 0.330 e. The number of nitrogens with zero attached hydrogens (tertiary/aromatic N) is 1. The van der Waals surface area contributed by atoms with Gasteiger partial charge < -0.3 is 15.5 Å². The molecule has 0 spiro atoms. The molecular formula is C19H25N3O3. The van der Waals surface area contributed by atoms with Gasteiger partial charge in [-0.15, -0.1) is 0 Å². The summed E-state index contributed by atoms with van der Waals surface area (Å²) in [5.41, 5.74) is 1.30. The van der Waals surface area contributed by atoms with Crippen molar-refractivity contribution in [2.45, 2.75) is 45.6 Å². The van der Waals surface area contributed by atoms with Gasteiger partial charge >= 0.3 is 0 Å². The zero-order valence-electron chi connectivity index (χ0n) is 14.7. The van der Waals surface area contributed by atoms with Crippen LogP contribution in [0.3, 0.4) is 0 Å². The molecule has 0 radical (unpaired) electrons. The molecule has 1 aliphatic carbocycles. The molecule has 6 heteroatoms. The Morgan fingerprint density at radius 1 is 1.16 bits per heavy atom. The quantitative estimate of drug-likeness (QED) is 0.833. The zero-order valence-corrected chi connectivity index (χ0v) is 14.7. The van der Waals surface area contributed by atoms with Gasteiger partial charge in [0, 0.05) is 30.3 Å². The zero-order chi connectivity index (χ0) is 18.0. The molecule has 1 heterocycles. The second-order valence-electron chi connectivity index (χ2n) is 7.21. The van der Waals surface area contributed by atoms with Crippen LogP contribution < -0.4 is 10.6 Å². The van der Waals surface area contributed by atoms with Crippen LogP contribution in [0.15, 0.2) is 24.3 Å². The number of carbonyl (C=O) groups is 3. The number of carbonyl (C=O) groups excluding carboxylic acids is 3. The molecule has 0 bridgehead atoms. The summed E-state index contributed by atoms with van der Waals surface area (Å²) in [6.07, 6.45) is 3.21. The second-order valence-corrected chi connectivity index (χ2v) is 7.21. The van der Waals surface area contributed by atoms with Crippen LogP contribution in [0.2, 0.25) is 0 Å². The summed E-state index contributed by atoms with van der Waals surface area (Å²) in [5, 5.41) is 5.77. The van der Waals surface area contributed by atoms with Gasteiger partial charge in [-0.25, -0.2) is 0 Å². The third kappa shape index (κ3) is 4.18. The Kier molecular flexibility index (Phi) is 5.06. The van der Waals surface area contributed by atoms with E-state index in [-0.39, 0.29) is 29.6 Å². The third-order valence-electron chi connectivity index (χ3n) is 4.69. The van der Waals surface area contributed by atoms with Crippen LogP contribution in [-0.2, 0) is 14.4 Å². The van der Waals surface area contributed by atoms with Crippen LogP contribution in [0.4, 0.5) is 11.4 Å². The van der Waals surface area contributed by atoms with Gasteiger partial charge in [0.1, 0.15) is 6.04 Å². The Morgan fingerprint density at radius 2 is 1.84 bits per heavy atom. The van der Waals surface area contributed by atoms with Crippen molar-refractivity contribution in [3.8, 4) is 0 Å². The first-order valence-electron chi connectivity index (χ1n) is 8.97. The topological polar surface area (TPSA) is 78.5 Å². The molecule has 1 atom stereocenters. The molecule has 3 amide bonds. The SMILES string of the molecule is CC(C)[C@@H](C(=O)Nc1cccc(NC(=O)C2CC2)c1)N1CCCC1=O. The van der Waals surface area contributed by atoms with Gasteiger partial charge in [-0.05, 0) is 43.4 Å². The van der Waals surface area contributed by atoms with E-state index in [9.17, 15) is 14.4 Å². The standard InChI is InChI=1S/C19H25N3O3/c1-12(2)17(22-10-4-7-16(22)23)19(25)21-15-6-3-5-14(11-15)20-18(24)13-8-9-13/h3,5-6,11-13,17H,4,7-10H2,1-2H3,(H,20,24)(H,21,25)/t17-/m0/s1. The van der Waals surface area contributed by atoms with E-state index in [2.05, 4.69) is 10.6 Å². The number of rotatable bonds is 6. The number of anilines is 2. The minimum absolute atomic E-state index is 0.0276. The van der Waals surface area contributed by atoms with Gasteiger partial charge in [-0.3, -0.25) is 14.4 Å². The van der Waals surface area contributed by atoms with E-state index < -0.39 is 6.04 Å². The molecule has 1 aromatic rings. The Bertz CT molecular complexity index is 682. The fourth-order valence-electron chi connectivity index (χ4n) is 3.25. The maximum absolute atomic E-state index is 12.7. The van der Waals surface area contributed by atoms with Crippen LogP contribution >= 0.6 is 0 Å². The number of hydrogen-bond acceptors (Lipinski definition) is 3. The molecular weight excluding hydrogens is 318 g/mol. The number of hydrogen-bond donors (Lipinski definition) is 2. The molecule has 0 aromatic heterocycles. The van der Waals surface area contributed by atoms with Crippen LogP contribution in [0.25, 0.3) is 0 Å². The van der Waals surface area contributed by atoms with Gasteiger partial charge in [0.25, 0.3) is 0 Å². The molecule has 2 fully saturated rings. The van der Waals surface area contributed by atoms with E-state index in [1.54, 1.807) is 29.2 Å². The smallest absolute Gasteiger partial charge is 0.247 e. The van der Waals surface area contributed by atoms with Crippen molar-refractivity contribution in [2.75, 3.05) is 17.2 Å². The maximum atomic E-state index is 12.7. The lowest BCUT2D eigenvalue weighted by molar-refractivity contribution is -0.136. The monoisotopic (exact) mass is 343 g/mol. The Morgan fingerprint density at radius 3 is 2.40 bits per heavy atom. The highest BCUT2D eigenvalue weighted by Gasteiger charge is 2.35. The lowest BCUT2D eigenvalue weighted by Gasteiger charge is -2.29. The molecule has 1 aliphatic heterocycles. The van der Waals surface area contributed by atoms with E-state index in [1.165, 1.54) is 0 Å². The summed E-state index contributed by atoms with van der Waals surface area (Å²) in [6, 6.07) is 6.67. The third-order valence-corrected chi connectivity index (χ3v) is 4.69. The summed E-state index contributed by atoms with van der Waals surface area (Å²) in [5.74, 6) is 0.0472. The Labute approximate surface area is 148 Å². The van der Waals surface area contributed by atoms with Crippen molar-refractivity contribution >= 4 is 29.1 Å². The molecule has 25 heavy (non-hydrogen) atoms. The molecule has 1 saturated heterocycles. The number of benzene rings is 1. The maximum Gasteiger partial charge on any atom is 0.247 e. The number of nitrogens with one attached hydrogen (secondary N) is 2. The highest BCUT2D eigenvalue weighted by Crippen LogP contribution is 2.30. The van der Waals surface area contributed by atoms with Gasteiger partial charge in [0.05, 0.1) is 0 Å². The lowest BCUT2D eigenvalue weighted by Crippen LogP contribution is -2.47. The Hall–Kier alpha value is -2.37. The summed E-state index contributed by atoms with van der Waals surface area (Å²) in [7, 11) is 0. The van der Waals surface area contributed by atoms with E-state index in [1.807, 2.05) is 13.8 Å². The molecule has 3 rings (SSSR count). The molecule has 2 N–H and O–H groups in total. The lowest BCUT2D eigenvalue weighted by atomic mass is 10.0. The first-order valence-corrected chi connectivity index (χ1v) is 8.97. The predicted molar refractivity (Wildman–Crippen MR) is 96.0 cm³/mol. The van der Waals surface area contributed by atoms with Gasteiger partial charge in [-0.2, -0.15) is 0 Å². The fraction of sp³-hybridized carbons (Fsp3) is 0.526. The molecule has 134 valence electrons. The van der Waals surface area contributed by atoms with E-state index in [0.717, 1.165) is 19.3 Å². The number of likely N-dealkylation sites (tertiary alicyclic amines) is 1. The van der Waals surface area contributed by atoms with Gasteiger partial charge in [-0.1, -0.05) is 19.9 Å². The average Bonchev–Trinajstić information content (AvgIpc) is 3.32. The predicted octanol–water partition coefficient (Wildman–Crippen LogP) is 2.62. The molecule has 6 nitrogen and oxygen atoms in total. The van der Waals surface area contributed by atoms with Crippen LogP contribution in [0.5, 0.6) is 0 Å². The molecule has 2 aliphatic rings. The molecule has 1 saturated carbocycles. The molecule has 0 unspecified atom stereocenters. The van der Waals surface area contributed by atoms with Crippen LogP contribution in [0, 0.1) is 11.8 Å². The average molecular weight is 343 g/mol. The van der Waals surface area contributed by atoms with Crippen LogP contribution in [-0.4, -0.2) is 35.2 Å². The minimum atomic E-state index is -0.472. The first kappa shape index (κ1) is 17.5. The highest BCUT2D eigenvalue weighted by atomic mass is 16.2. The summed E-state index contributed by atoms with van der Waals surface area (Å²) >= 11 is 0. The first-order chi connectivity index (χ1) is 12.0. The van der Waals surface area contributed by atoms with Crippen molar-refractivity contribution in [1.82, 2.24) is 4.90 Å². The van der Waals surface area contributed by atoms with Gasteiger partial charge in [0.2, 0.25) is 17.7 Å². The van der Waals surface area contributed by atoms with Crippen molar-refractivity contribution in [3.05, 3.63) is 24.3 Å². The van der Waals surface area contributed by atoms with Crippen LogP contribution in [0.1, 0.15) is 39.5 Å². The minimum Gasteiger partial charge on any atom is -0.330 e. The van der Waals surface area contributed by atoms with E-state index in [4.69, 9.17) is 0 Å².